The van der Waals surface area contributed by atoms with Gasteiger partial charge in [-0.05, 0) is 49.8 Å². The molecule has 0 radical (unpaired) electrons. The average Bonchev–Trinajstić information content (AvgIpc) is 3.42. The van der Waals surface area contributed by atoms with Gasteiger partial charge in [0.1, 0.15) is 6.04 Å². The van der Waals surface area contributed by atoms with E-state index in [0.717, 1.165) is 43.2 Å². The van der Waals surface area contributed by atoms with E-state index < -0.39 is 0 Å². The predicted octanol–water partition coefficient (Wildman–Crippen LogP) is 6.27. The predicted molar refractivity (Wildman–Crippen MR) is 144 cm³/mol. The minimum absolute atomic E-state index is 0.00472. The molecule has 2 heterocycles. The van der Waals surface area contributed by atoms with Crippen LogP contribution in [0.2, 0.25) is 5.02 Å². The maximum Gasteiger partial charge on any atom is 0.249 e. The fourth-order valence-corrected chi connectivity index (χ4v) is 5.12. The van der Waals surface area contributed by atoms with E-state index in [0.29, 0.717) is 36.2 Å². The number of benzene rings is 2. The van der Waals surface area contributed by atoms with Crippen LogP contribution < -0.4 is 0 Å². The molecular weight excluding hydrogens is 488 g/mol. The van der Waals surface area contributed by atoms with E-state index in [-0.39, 0.29) is 30.3 Å². The maximum atomic E-state index is 13.7. The molecule has 1 aromatic heterocycles. The van der Waals surface area contributed by atoms with Gasteiger partial charge in [0.2, 0.25) is 23.5 Å². The number of halogens is 1. The van der Waals surface area contributed by atoms with E-state index in [1.54, 1.807) is 17.0 Å². The van der Waals surface area contributed by atoms with Crippen molar-refractivity contribution in [3.63, 3.8) is 0 Å². The Morgan fingerprint density at radius 2 is 1.95 bits per heavy atom. The molecule has 1 fully saturated rings. The van der Waals surface area contributed by atoms with Gasteiger partial charge in [0.05, 0.1) is 12.5 Å². The van der Waals surface area contributed by atoms with E-state index in [9.17, 15) is 9.59 Å². The molecule has 0 saturated carbocycles. The fourth-order valence-electron chi connectivity index (χ4n) is 4.93. The Bertz CT molecular complexity index is 1180. The van der Waals surface area contributed by atoms with Gasteiger partial charge >= 0.3 is 0 Å². The van der Waals surface area contributed by atoms with Crippen LogP contribution in [-0.4, -0.2) is 51.4 Å². The summed E-state index contributed by atoms with van der Waals surface area (Å²) in [4.78, 5) is 35.5. The van der Waals surface area contributed by atoms with Crippen molar-refractivity contribution in [2.24, 2.45) is 0 Å². The zero-order valence-corrected chi connectivity index (χ0v) is 22.4. The van der Waals surface area contributed by atoms with Crippen molar-refractivity contribution < 1.29 is 14.1 Å². The second-order valence-corrected chi connectivity index (χ2v) is 9.99. The highest BCUT2D eigenvalue weighted by Crippen LogP contribution is 2.32. The number of hydrogen-bond acceptors (Lipinski definition) is 5. The first kappa shape index (κ1) is 26.9. The number of unbranched alkanes of at least 4 members (excludes halogenated alkanes) is 1. The normalized spacial score (nSPS) is 16.4. The summed E-state index contributed by atoms with van der Waals surface area (Å²) >= 11 is 6.13. The summed E-state index contributed by atoms with van der Waals surface area (Å²) in [5.74, 6) is 0.526. The Kier molecular flexibility index (Phi) is 9.34. The van der Waals surface area contributed by atoms with Gasteiger partial charge in [-0.15, -0.1) is 0 Å². The van der Waals surface area contributed by atoms with Crippen molar-refractivity contribution in [3.05, 3.63) is 71.1 Å². The summed E-state index contributed by atoms with van der Waals surface area (Å²) in [6, 6.07) is 16.8. The Balaban J connectivity index is 1.52. The van der Waals surface area contributed by atoms with Crippen LogP contribution in [0.3, 0.4) is 0 Å². The molecule has 1 aliphatic rings. The van der Waals surface area contributed by atoms with Gasteiger partial charge in [0.25, 0.3) is 0 Å². The van der Waals surface area contributed by atoms with Crippen molar-refractivity contribution in [2.75, 3.05) is 19.6 Å². The van der Waals surface area contributed by atoms with Crippen LogP contribution in [0.5, 0.6) is 0 Å². The molecule has 0 spiro atoms. The van der Waals surface area contributed by atoms with Crippen LogP contribution in [0.25, 0.3) is 11.4 Å². The third-order valence-corrected chi connectivity index (χ3v) is 7.20. The molecule has 0 aliphatic carbocycles. The minimum atomic E-state index is -0.305. The molecule has 1 aliphatic heterocycles. The number of rotatable bonds is 10. The highest BCUT2D eigenvalue weighted by atomic mass is 35.5. The molecule has 2 atom stereocenters. The number of piperidine rings is 1. The second-order valence-electron chi connectivity index (χ2n) is 9.55. The van der Waals surface area contributed by atoms with Crippen LogP contribution in [0.1, 0.15) is 75.8 Å². The lowest BCUT2D eigenvalue weighted by Gasteiger charge is -2.35. The van der Waals surface area contributed by atoms with Gasteiger partial charge < -0.3 is 14.3 Å². The quantitative estimate of drug-likeness (QED) is 0.313. The van der Waals surface area contributed by atoms with Crippen LogP contribution in [-0.2, 0) is 9.59 Å². The number of amides is 2. The Hall–Kier alpha value is -3.19. The highest BCUT2D eigenvalue weighted by molar-refractivity contribution is 6.30. The fraction of sp³-hybridized carbons (Fsp3) is 0.448. The smallest absolute Gasteiger partial charge is 0.249 e. The molecule has 37 heavy (non-hydrogen) atoms. The highest BCUT2D eigenvalue weighted by Gasteiger charge is 2.34. The summed E-state index contributed by atoms with van der Waals surface area (Å²) in [5.41, 5.74) is 1.75. The largest absolute Gasteiger partial charge is 0.337 e. The zero-order chi connectivity index (χ0) is 26.2. The molecular formula is C29H35ClN4O3. The Morgan fingerprint density at radius 1 is 1.14 bits per heavy atom. The lowest BCUT2D eigenvalue weighted by Crippen LogP contribution is -2.47. The molecule has 8 heteroatoms. The molecule has 196 valence electrons. The summed E-state index contributed by atoms with van der Waals surface area (Å²) in [5, 5.41) is 4.74. The number of nitrogens with zero attached hydrogens (tertiary/aromatic N) is 4. The van der Waals surface area contributed by atoms with Crippen molar-refractivity contribution in [2.45, 2.75) is 64.3 Å². The van der Waals surface area contributed by atoms with Crippen LogP contribution in [0.15, 0.2) is 59.1 Å². The average molecular weight is 523 g/mol. The SMILES string of the molecule is CCCCN(CC(=O)N1CCCCC1c1nc(-c2cccc(Cl)c2)no1)C(=O)C(CC)c1ccccc1. The van der Waals surface area contributed by atoms with Gasteiger partial charge in [-0.2, -0.15) is 4.98 Å². The molecule has 0 N–H and O–H groups in total. The monoisotopic (exact) mass is 522 g/mol. The molecule has 1 saturated heterocycles. The molecule has 7 nitrogen and oxygen atoms in total. The number of hydrogen-bond donors (Lipinski definition) is 0. The lowest BCUT2D eigenvalue weighted by molar-refractivity contribution is -0.144. The van der Waals surface area contributed by atoms with E-state index in [4.69, 9.17) is 16.1 Å². The van der Waals surface area contributed by atoms with Gasteiger partial charge in [-0.3, -0.25) is 9.59 Å². The first-order valence-electron chi connectivity index (χ1n) is 13.2. The molecule has 2 amide bonds. The lowest BCUT2D eigenvalue weighted by atomic mass is 9.94. The number of carbonyl (C=O) groups is 2. The molecule has 2 aromatic carbocycles. The number of carbonyl (C=O) groups excluding carboxylic acids is 2. The van der Waals surface area contributed by atoms with Gasteiger partial charge in [0, 0.05) is 23.7 Å². The van der Waals surface area contributed by atoms with Gasteiger partial charge in [-0.25, -0.2) is 0 Å². The standard InChI is InChI=1S/C29H35ClN4O3/c1-3-5-17-33(29(36)24(4-2)21-12-7-6-8-13-21)20-26(35)34-18-10-9-16-25(34)28-31-27(32-37-28)22-14-11-15-23(30)19-22/h6-8,11-15,19,24-25H,3-5,9-10,16-18,20H2,1-2H3. The zero-order valence-electron chi connectivity index (χ0n) is 21.6. The van der Waals surface area contributed by atoms with E-state index in [1.807, 2.05) is 54.3 Å². The van der Waals surface area contributed by atoms with Crippen molar-refractivity contribution in [1.29, 1.82) is 0 Å². The second kappa shape index (κ2) is 12.9. The van der Waals surface area contributed by atoms with Crippen molar-refractivity contribution >= 4 is 23.4 Å². The van der Waals surface area contributed by atoms with Crippen LogP contribution in [0, 0.1) is 0 Å². The number of likely N-dealkylation sites (tertiary alicyclic amines) is 1. The molecule has 4 rings (SSSR count). The summed E-state index contributed by atoms with van der Waals surface area (Å²) in [7, 11) is 0. The summed E-state index contributed by atoms with van der Waals surface area (Å²) in [6.07, 6.45) is 5.09. The first-order valence-corrected chi connectivity index (χ1v) is 13.6. The topological polar surface area (TPSA) is 79.5 Å². The Labute approximate surface area is 223 Å². The molecule has 3 aromatic rings. The van der Waals surface area contributed by atoms with Crippen LogP contribution in [0.4, 0.5) is 0 Å². The van der Waals surface area contributed by atoms with E-state index in [1.165, 1.54) is 0 Å². The minimum Gasteiger partial charge on any atom is -0.337 e. The van der Waals surface area contributed by atoms with Crippen molar-refractivity contribution in [3.8, 4) is 11.4 Å². The van der Waals surface area contributed by atoms with Gasteiger partial charge in [0.15, 0.2) is 0 Å². The molecule has 2 unspecified atom stereocenters. The van der Waals surface area contributed by atoms with Gasteiger partial charge in [-0.1, -0.05) is 79.5 Å². The van der Waals surface area contributed by atoms with E-state index in [2.05, 4.69) is 17.1 Å². The summed E-state index contributed by atoms with van der Waals surface area (Å²) in [6.45, 7) is 5.32. The van der Waals surface area contributed by atoms with E-state index >= 15 is 0 Å². The summed E-state index contributed by atoms with van der Waals surface area (Å²) < 4.78 is 5.63. The third-order valence-electron chi connectivity index (χ3n) is 6.96. The van der Waals surface area contributed by atoms with Crippen LogP contribution >= 0.6 is 11.6 Å². The Morgan fingerprint density at radius 3 is 2.68 bits per heavy atom. The number of aromatic nitrogens is 2. The molecule has 0 bridgehead atoms. The maximum absolute atomic E-state index is 13.7. The third kappa shape index (κ3) is 6.58. The first-order chi connectivity index (χ1) is 18.0. The van der Waals surface area contributed by atoms with Crippen molar-refractivity contribution in [1.82, 2.24) is 19.9 Å².